The van der Waals surface area contributed by atoms with Crippen LogP contribution in [0.15, 0.2) is 6.07 Å². The number of aliphatic carboxylic acids is 1. The molecule has 1 aromatic rings. The van der Waals surface area contributed by atoms with Gasteiger partial charge in [0.2, 0.25) is 0 Å². The molecule has 2 heterocycles. The van der Waals surface area contributed by atoms with Crippen LogP contribution in [0.5, 0.6) is 5.75 Å². The topological polar surface area (TPSA) is 85.0 Å². The van der Waals surface area contributed by atoms with E-state index in [4.69, 9.17) is 27.1 Å². The number of carbonyl (C=O) groups is 1. The second-order valence-electron chi connectivity index (χ2n) is 10.1. The van der Waals surface area contributed by atoms with Gasteiger partial charge in [-0.15, -0.1) is 12.4 Å². The molecule has 1 saturated heterocycles. The predicted octanol–water partition coefficient (Wildman–Crippen LogP) is 7.01. The summed E-state index contributed by atoms with van der Waals surface area (Å²) in [7, 11) is 0. The van der Waals surface area contributed by atoms with Crippen molar-refractivity contribution in [2.45, 2.75) is 96.3 Å². The van der Waals surface area contributed by atoms with Crippen molar-refractivity contribution in [1.82, 2.24) is 4.90 Å². The lowest BCUT2D eigenvalue weighted by atomic mass is 9.84. The first kappa shape index (κ1) is 30.0. The molecule has 0 aliphatic carbocycles. The first-order valence-electron chi connectivity index (χ1n) is 13.4. The van der Waals surface area contributed by atoms with Crippen LogP contribution >= 0.6 is 24.0 Å². The lowest BCUT2D eigenvalue weighted by Crippen LogP contribution is -2.35. The maximum absolute atomic E-state index is 11.8. The Labute approximate surface area is 222 Å². The second kappa shape index (κ2) is 15.8. The molecule has 0 amide bonds. The molecule has 6 nitrogen and oxygen atoms in total. The summed E-state index contributed by atoms with van der Waals surface area (Å²) in [4.78, 5) is 24.7. The SMILES string of the molecule is CCCCCCCCCCCCN1CCC(Cc2cc(Cl)c(N)c3c2C(C(=O)O)COO3)CC1.Cl. The van der Waals surface area contributed by atoms with Crippen LogP contribution in [0.25, 0.3) is 0 Å². The van der Waals surface area contributed by atoms with Gasteiger partial charge in [-0.25, -0.2) is 0 Å². The number of unbranched alkanes of at least 4 members (excludes halogenated alkanes) is 9. The Balaban J connectivity index is 0.00000432. The zero-order valence-corrected chi connectivity index (χ0v) is 22.8. The summed E-state index contributed by atoms with van der Waals surface area (Å²) in [5, 5.41) is 10.1. The van der Waals surface area contributed by atoms with E-state index in [2.05, 4.69) is 11.8 Å². The predicted molar refractivity (Wildman–Crippen MR) is 145 cm³/mol. The van der Waals surface area contributed by atoms with E-state index in [9.17, 15) is 9.90 Å². The molecule has 0 bridgehead atoms. The molecule has 0 saturated carbocycles. The number of likely N-dealkylation sites (tertiary alicyclic amines) is 1. The van der Waals surface area contributed by atoms with Gasteiger partial charge in [0.1, 0.15) is 12.5 Å². The molecule has 0 spiro atoms. The summed E-state index contributed by atoms with van der Waals surface area (Å²) in [5.74, 6) is -0.932. The third kappa shape index (κ3) is 8.99. The van der Waals surface area contributed by atoms with Crippen LogP contribution in [-0.2, 0) is 16.1 Å². The molecular weight excluding hydrogens is 487 g/mol. The number of carboxylic acids is 1. The van der Waals surface area contributed by atoms with E-state index in [0.717, 1.165) is 37.9 Å². The van der Waals surface area contributed by atoms with Crippen molar-refractivity contribution in [3.8, 4) is 5.75 Å². The lowest BCUT2D eigenvalue weighted by Gasteiger charge is -2.33. The molecule has 1 fully saturated rings. The smallest absolute Gasteiger partial charge is 0.313 e. The van der Waals surface area contributed by atoms with Crippen LogP contribution in [0.1, 0.15) is 101 Å². The molecule has 8 heteroatoms. The Morgan fingerprint density at radius 2 is 1.69 bits per heavy atom. The third-order valence-corrected chi connectivity index (χ3v) is 7.77. The van der Waals surface area contributed by atoms with Crippen LogP contribution < -0.4 is 10.6 Å². The molecule has 2 aliphatic heterocycles. The number of nitrogen functional groups attached to an aromatic ring is 1. The molecule has 200 valence electrons. The van der Waals surface area contributed by atoms with Crippen LogP contribution in [0.3, 0.4) is 0 Å². The minimum atomic E-state index is -0.932. The van der Waals surface area contributed by atoms with E-state index in [1.54, 1.807) is 0 Å². The summed E-state index contributed by atoms with van der Waals surface area (Å²) in [6.07, 6.45) is 16.7. The largest absolute Gasteiger partial charge is 0.481 e. The maximum atomic E-state index is 11.8. The highest BCUT2D eigenvalue weighted by Crippen LogP contribution is 2.44. The fourth-order valence-electron chi connectivity index (χ4n) is 5.34. The number of halogens is 2. The van der Waals surface area contributed by atoms with Crippen molar-refractivity contribution in [3.63, 3.8) is 0 Å². The van der Waals surface area contributed by atoms with Crippen molar-refractivity contribution >= 4 is 35.7 Å². The molecule has 3 rings (SSSR count). The Morgan fingerprint density at radius 3 is 2.29 bits per heavy atom. The molecule has 1 unspecified atom stereocenters. The fraction of sp³-hybridized carbons (Fsp3) is 0.741. The van der Waals surface area contributed by atoms with Gasteiger partial charge in [0.05, 0.1) is 10.7 Å². The van der Waals surface area contributed by atoms with E-state index < -0.39 is 11.9 Å². The highest BCUT2D eigenvalue weighted by molar-refractivity contribution is 6.33. The van der Waals surface area contributed by atoms with Gasteiger partial charge in [0.25, 0.3) is 0 Å². The maximum Gasteiger partial charge on any atom is 0.313 e. The lowest BCUT2D eigenvalue weighted by molar-refractivity contribution is -0.222. The average Bonchev–Trinajstić information content (AvgIpc) is 2.84. The molecule has 2 aliphatic rings. The Morgan fingerprint density at radius 1 is 1.09 bits per heavy atom. The van der Waals surface area contributed by atoms with Crippen LogP contribution in [-0.4, -0.2) is 42.2 Å². The van der Waals surface area contributed by atoms with Crippen molar-refractivity contribution < 1.29 is 19.7 Å². The zero-order chi connectivity index (χ0) is 24.3. The quantitative estimate of drug-likeness (QED) is 0.153. The first-order chi connectivity index (χ1) is 16.5. The van der Waals surface area contributed by atoms with E-state index in [-0.39, 0.29) is 30.5 Å². The number of piperidine rings is 1. The number of nitrogens with zero attached hydrogens (tertiary/aromatic N) is 1. The van der Waals surface area contributed by atoms with Crippen molar-refractivity contribution in [2.75, 3.05) is 32.0 Å². The monoisotopic (exact) mass is 530 g/mol. The van der Waals surface area contributed by atoms with Gasteiger partial charge in [-0.05, 0) is 62.9 Å². The molecule has 0 radical (unpaired) electrons. The summed E-state index contributed by atoms with van der Waals surface area (Å²) < 4.78 is 0. The normalized spacial score (nSPS) is 18.5. The highest BCUT2D eigenvalue weighted by Gasteiger charge is 2.35. The number of hydrogen-bond acceptors (Lipinski definition) is 5. The highest BCUT2D eigenvalue weighted by atomic mass is 35.5. The van der Waals surface area contributed by atoms with E-state index in [0.29, 0.717) is 16.5 Å². The Bertz CT molecular complexity index is 785. The minimum absolute atomic E-state index is 0. The van der Waals surface area contributed by atoms with Gasteiger partial charge in [-0.1, -0.05) is 76.3 Å². The van der Waals surface area contributed by atoms with Crippen molar-refractivity contribution in [1.29, 1.82) is 0 Å². The number of hydrogen-bond donors (Lipinski definition) is 2. The molecule has 35 heavy (non-hydrogen) atoms. The van der Waals surface area contributed by atoms with Gasteiger partial charge in [0, 0.05) is 5.56 Å². The van der Waals surface area contributed by atoms with Crippen molar-refractivity contribution in [3.05, 3.63) is 22.2 Å². The van der Waals surface area contributed by atoms with Gasteiger partial charge >= 0.3 is 5.97 Å². The average molecular weight is 532 g/mol. The molecule has 1 atom stereocenters. The molecule has 0 aromatic heterocycles. The number of carboxylic acid groups (broad SMARTS) is 1. The summed E-state index contributed by atoms with van der Waals surface area (Å²) in [5.41, 5.74) is 7.87. The number of fused-ring (bicyclic) bond motifs is 1. The van der Waals surface area contributed by atoms with Crippen LogP contribution in [0, 0.1) is 5.92 Å². The summed E-state index contributed by atoms with van der Waals surface area (Å²) in [6.45, 7) is 5.66. The van der Waals surface area contributed by atoms with Gasteiger partial charge < -0.3 is 20.6 Å². The van der Waals surface area contributed by atoms with Gasteiger partial charge in [-0.3, -0.25) is 4.79 Å². The zero-order valence-electron chi connectivity index (χ0n) is 21.2. The molecule has 1 aromatic carbocycles. The number of nitrogens with two attached hydrogens (primary N) is 1. The Kier molecular flexibility index (Phi) is 13.6. The van der Waals surface area contributed by atoms with Crippen LogP contribution in [0.2, 0.25) is 5.02 Å². The van der Waals surface area contributed by atoms with Gasteiger partial charge in [0.15, 0.2) is 5.75 Å². The second-order valence-corrected chi connectivity index (χ2v) is 10.5. The molecular formula is C27H44Cl2N2O4. The van der Waals surface area contributed by atoms with Crippen molar-refractivity contribution in [2.24, 2.45) is 5.92 Å². The summed E-state index contributed by atoms with van der Waals surface area (Å²) >= 11 is 6.33. The fourth-order valence-corrected chi connectivity index (χ4v) is 5.55. The Hall–Kier alpha value is -1.21. The summed E-state index contributed by atoms with van der Waals surface area (Å²) in [6, 6.07) is 1.83. The number of rotatable bonds is 14. The van der Waals surface area contributed by atoms with E-state index >= 15 is 0 Å². The minimum Gasteiger partial charge on any atom is -0.481 e. The third-order valence-electron chi connectivity index (χ3n) is 7.46. The number of anilines is 1. The number of benzene rings is 1. The van der Waals surface area contributed by atoms with E-state index in [1.807, 2.05) is 6.07 Å². The molecule has 3 N–H and O–H groups in total. The first-order valence-corrected chi connectivity index (χ1v) is 13.7. The van der Waals surface area contributed by atoms with Crippen LogP contribution in [0.4, 0.5) is 5.69 Å². The van der Waals surface area contributed by atoms with Gasteiger partial charge in [-0.2, -0.15) is 4.89 Å². The standard InChI is InChI=1S/C27H43ClN2O4.ClH/c1-2-3-4-5-6-7-8-9-10-11-14-30-15-12-20(13-16-30)17-21-18-23(28)25(29)26-24(21)22(27(31)32)19-33-34-26;/h18,20,22H,2-17,19,29H2,1H3,(H,31,32);1H. The van der Waals surface area contributed by atoms with E-state index in [1.165, 1.54) is 70.8 Å².